The second kappa shape index (κ2) is 26.7. The molecule has 10 heteroatoms. The molecule has 0 amide bonds. The van der Waals surface area contributed by atoms with Crippen molar-refractivity contribution in [3.63, 3.8) is 0 Å². The molecule has 2 unspecified atom stereocenters. The van der Waals surface area contributed by atoms with Gasteiger partial charge in [-0.05, 0) is 38.5 Å². The number of phosphoric acid groups is 1. The zero-order chi connectivity index (χ0) is 29.0. The van der Waals surface area contributed by atoms with Crippen LogP contribution in [-0.4, -0.2) is 49.3 Å². The minimum absolute atomic E-state index is 0.0511. The first-order valence-electron chi connectivity index (χ1n) is 14.8. The monoisotopic (exact) mass is 575 g/mol. The van der Waals surface area contributed by atoms with E-state index in [4.69, 9.17) is 24.3 Å². The average molecular weight is 576 g/mol. The Labute approximate surface area is 236 Å². The first-order valence-corrected chi connectivity index (χ1v) is 16.3. The van der Waals surface area contributed by atoms with E-state index in [9.17, 15) is 19.0 Å². The van der Waals surface area contributed by atoms with Gasteiger partial charge in [0.1, 0.15) is 6.61 Å². The molecule has 0 saturated carbocycles. The van der Waals surface area contributed by atoms with Gasteiger partial charge < -0.3 is 20.1 Å². The number of nitrogens with two attached hydrogens (primary N) is 1. The van der Waals surface area contributed by atoms with E-state index in [2.05, 4.69) is 38.2 Å². The molecule has 9 nitrogen and oxygen atoms in total. The lowest BCUT2D eigenvalue weighted by atomic mass is 10.1. The summed E-state index contributed by atoms with van der Waals surface area (Å²) in [6, 6.07) is 0. The maximum Gasteiger partial charge on any atom is 0.472 e. The van der Waals surface area contributed by atoms with E-state index in [-0.39, 0.29) is 32.6 Å². The van der Waals surface area contributed by atoms with Crippen LogP contribution in [0.5, 0.6) is 0 Å². The van der Waals surface area contributed by atoms with E-state index >= 15 is 0 Å². The summed E-state index contributed by atoms with van der Waals surface area (Å²) < 4.78 is 32.2. The molecule has 0 aromatic rings. The number of rotatable bonds is 27. The zero-order valence-electron chi connectivity index (χ0n) is 24.4. The van der Waals surface area contributed by atoms with Gasteiger partial charge in [0.05, 0.1) is 13.2 Å². The Morgan fingerprint density at radius 1 is 0.769 bits per heavy atom. The molecule has 0 rings (SSSR count). The smallest absolute Gasteiger partial charge is 0.462 e. The number of unbranched alkanes of at least 4 members (excludes halogenated alkanes) is 10. The van der Waals surface area contributed by atoms with E-state index in [0.29, 0.717) is 6.42 Å². The second-order valence-electron chi connectivity index (χ2n) is 9.62. The van der Waals surface area contributed by atoms with Gasteiger partial charge in [0.15, 0.2) is 6.10 Å². The van der Waals surface area contributed by atoms with Gasteiger partial charge in [-0.15, -0.1) is 0 Å². The Balaban J connectivity index is 4.27. The number of ether oxygens (including phenoxy) is 2. The third-order valence-electron chi connectivity index (χ3n) is 5.84. The van der Waals surface area contributed by atoms with Crippen molar-refractivity contribution in [1.29, 1.82) is 0 Å². The molecule has 0 fully saturated rings. The van der Waals surface area contributed by atoms with Crippen molar-refractivity contribution in [2.24, 2.45) is 5.73 Å². The molecular formula is C29H54NO8P. The van der Waals surface area contributed by atoms with Crippen LogP contribution in [-0.2, 0) is 32.7 Å². The summed E-state index contributed by atoms with van der Waals surface area (Å²) in [6.07, 6.45) is 22.7. The Morgan fingerprint density at radius 2 is 1.36 bits per heavy atom. The zero-order valence-corrected chi connectivity index (χ0v) is 25.3. The summed E-state index contributed by atoms with van der Waals surface area (Å²) >= 11 is 0. The molecule has 0 spiro atoms. The second-order valence-corrected chi connectivity index (χ2v) is 11.1. The highest BCUT2D eigenvalue weighted by molar-refractivity contribution is 7.47. The Hall–Kier alpha value is -1.51. The standard InChI is InChI=1S/C29H54NO8P/c1-3-5-7-9-10-11-12-13-14-15-16-17-18-20-22-29(32)38-27(26-37-39(33,34)36-24-23-30)25-35-28(31)21-19-8-6-4-2/h9-10,12-13,27H,3-8,11,14-26,30H2,1-2H3,(H,33,34)/b10-9-,13-12-. The molecule has 0 aliphatic carbocycles. The van der Waals surface area contributed by atoms with Gasteiger partial charge in [-0.25, -0.2) is 4.57 Å². The van der Waals surface area contributed by atoms with Crippen LogP contribution in [0.3, 0.4) is 0 Å². The number of carbonyl (C=O) groups is 2. The highest BCUT2D eigenvalue weighted by Gasteiger charge is 2.25. The predicted molar refractivity (Wildman–Crippen MR) is 155 cm³/mol. The lowest BCUT2D eigenvalue weighted by molar-refractivity contribution is -0.161. The van der Waals surface area contributed by atoms with E-state index < -0.39 is 32.5 Å². The fourth-order valence-electron chi connectivity index (χ4n) is 3.59. The van der Waals surface area contributed by atoms with Crippen LogP contribution in [0.2, 0.25) is 0 Å². The summed E-state index contributed by atoms with van der Waals surface area (Å²) in [7, 11) is -4.35. The lowest BCUT2D eigenvalue weighted by Gasteiger charge is -2.19. The molecule has 2 atom stereocenters. The molecule has 39 heavy (non-hydrogen) atoms. The number of phosphoric ester groups is 1. The topological polar surface area (TPSA) is 134 Å². The number of carbonyl (C=O) groups excluding carboxylic acids is 2. The Morgan fingerprint density at radius 3 is 2.03 bits per heavy atom. The predicted octanol–water partition coefficient (Wildman–Crippen LogP) is 6.93. The maximum atomic E-state index is 12.3. The average Bonchev–Trinajstić information content (AvgIpc) is 2.91. The van der Waals surface area contributed by atoms with Crippen LogP contribution >= 0.6 is 7.82 Å². The normalized spacial score (nSPS) is 14.1. The van der Waals surface area contributed by atoms with Crippen molar-refractivity contribution in [3.05, 3.63) is 24.3 Å². The third-order valence-corrected chi connectivity index (χ3v) is 6.82. The first kappa shape index (κ1) is 37.5. The van der Waals surface area contributed by atoms with E-state index in [0.717, 1.165) is 70.6 Å². The molecule has 0 aliphatic heterocycles. The summed E-state index contributed by atoms with van der Waals surface area (Å²) in [4.78, 5) is 34.1. The summed E-state index contributed by atoms with van der Waals surface area (Å²) in [5.41, 5.74) is 5.28. The number of allylic oxidation sites excluding steroid dienone is 4. The van der Waals surface area contributed by atoms with Gasteiger partial charge in [-0.2, -0.15) is 0 Å². The van der Waals surface area contributed by atoms with Gasteiger partial charge in [-0.1, -0.05) is 89.5 Å². The van der Waals surface area contributed by atoms with Crippen LogP contribution in [0.15, 0.2) is 24.3 Å². The molecular weight excluding hydrogens is 521 g/mol. The first-order chi connectivity index (χ1) is 18.8. The van der Waals surface area contributed by atoms with Gasteiger partial charge >= 0.3 is 19.8 Å². The summed E-state index contributed by atoms with van der Waals surface area (Å²) in [5.74, 6) is -0.870. The fraction of sp³-hybridized carbons (Fsp3) is 0.793. The molecule has 0 radical (unpaired) electrons. The van der Waals surface area contributed by atoms with Crippen LogP contribution in [0, 0.1) is 0 Å². The SMILES string of the molecule is CCCC/C=C\C/C=C\CCCCCCCC(=O)OC(COC(=O)CCCCCC)COP(=O)(O)OCCN. The van der Waals surface area contributed by atoms with Crippen molar-refractivity contribution in [2.75, 3.05) is 26.4 Å². The van der Waals surface area contributed by atoms with Crippen molar-refractivity contribution in [1.82, 2.24) is 0 Å². The minimum atomic E-state index is -4.35. The molecule has 0 saturated heterocycles. The summed E-state index contributed by atoms with van der Waals surface area (Å²) in [6.45, 7) is 3.49. The van der Waals surface area contributed by atoms with Gasteiger partial charge in [0.25, 0.3) is 0 Å². The van der Waals surface area contributed by atoms with Crippen LogP contribution in [0.25, 0.3) is 0 Å². The van der Waals surface area contributed by atoms with Crippen LogP contribution < -0.4 is 5.73 Å². The van der Waals surface area contributed by atoms with Crippen LogP contribution in [0.1, 0.15) is 117 Å². The largest absolute Gasteiger partial charge is 0.472 e. The van der Waals surface area contributed by atoms with Crippen LogP contribution in [0.4, 0.5) is 0 Å². The molecule has 0 aromatic heterocycles. The lowest BCUT2D eigenvalue weighted by Crippen LogP contribution is -2.29. The molecule has 3 N–H and O–H groups in total. The summed E-state index contributed by atoms with van der Waals surface area (Å²) in [5, 5.41) is 0. The molecule has 228 valence electrons. The molecule has 0 bridgehead atoms. The quantitative estimate of drug-likeness (QED) is 0.0463. The number of esters is 2. The van der Waals surface area contributed by atoms with Crippen molar-refractivity contribution in [3.8, 4) is 0 Å². The van der Waals surface area contributed by atoms with Gasteiger partial charge in [0.2, 0.25) is 0 Å². The molecule has 0 heterocycles. The number of hydrogen-bond acceptors (Lipinski definition) is 8. The molecule has 0 aliphatic rings. The highest BCUT2D eigenvalue weighted by atomic mass is 31.2. The van der Waals surface area contributed by atoms with Crippen molar-refractivity contribution >= 4 is 19.8 Å². The maximum absolute atomic E-state index is 12.3. The van der Waals surface area contributed by atoms with Gasteiger partial charge in [0, 0.05) is 19.4 Å². The molecule has 0 aromatic carbocycles. The fourth-order valence-corrected chi connectivity index (χ4v) is 4.35. The Bertz CT molecular complexity index is 713. The minimum Gasteiger partial charge on any atom is -0.462 e. The third kappa shape index (κ3) is 26.5. The Kier molecular flexibility index (Phi) is 25.7. The van der Waals surface area contributed by atoms with Crippen molar-refractivity contribution in [2.45, 2.75) is 123 Å². The van der Waals surface area contributed by atoms with Gasteiger partial charge in [-0.3, -0.25) is 18.6 Å². The van der Waals surface area contributed by atoms with Crippen molar-refractivity contribution < 1.29 is 37.6 Å². The van der Waals surface area contributed by atoms with E-state index in [1.165, 1.54) is 12.8 Å². The van der Waals surface area contributed by atoms with E-state index in [1.54, 1.807) is 0 Å². The highest BCUT2D eigenvalue weighted by Crippen LogP contribution is 2.43. The number of hydrogen-bond donors (Lipinski definition) is 2. The van der Waals surface area contributed by atoms with E-state index in [1.807, 2.05) is 0 Å².